The van der Waals surface area contributed by atoms with Crippen LogP contribution in [0.15, 0.2) is 29.2 Å². The summed E-state index contributed by atoms with van der Waals surface area (Å²) in [5, 5.41) is 0. The maximum atomic E-state index is 12.4. The number of ether oxygens (including phenoxy) is 2. The van der Waals surface area contributed by atoms with Gasteiger partial charge in [0.2, 0.25) is 0 Å². The fraction of sp³-hybridized carbons (Fsp3) is 0.526. The number of rotatable bonds is 7. The molecule has 1 amide bonds. The molecule has 2 atom stereocenters. The first-order valence-electron chi connectivity index (χ1n) is 9.00. The van der Waals surface area contributed by atoms with Gasteiger partial charge < -0.3 is 9.47 Å². The molecule has 8 heteroatoms. The second-order valence-electron chi connectivity index (χ2n) is 6.71. The van der Waals surface area contributed by atoms with Crippen LogP contribution in [0.4, 0.5) is 4.79 Å². The van der Waals surface area contributed by atoms with Crippen molar-refractivity contribution in [1.29, 1.82) is 0 Å². The van der Waals surface area contributed by atoms with Gasteiger partial charge in [0.25, 0.3) is 0 Å². The Balaban J connectivity index is 1.90. The normalized spacial score (nSPS) is 19.7. The van der Waals surface area contributed by atoms with Gasteiger partial charge in [0, 0.05) is 0 Å². The largest absolute Gasteiger partial charge is 0.438 e. The van der Waals surface area contributed by atoms with Crippen molar-refractivity contribution in [2.24, 2.45) is 0 Å². The van der Waals surface area contributed by atoms with Crippen LogP contribution < -0.4 is 5.48 Å². The summed E-state index contributed by atoms with van der Waals surface area (Å²) in [5.41, 5.74) is 3.88. The van der Waals surface area contributed by atoms with E-state index in [1.807, 2.05) is 18.5 Å². The van der Waals surface area contributed by atoms with Crippen molar-refractivity contribution >= 4 is 16.2 Å². The molecule has 0 radical (unpaired) electrons. The molecule has 0 fully saturated rings. The molecule has 7 nitrogen and oxygen atoms in total. The van der Waals surface area contributed by atoms with Crippen molar-refractivity contribution in [2.75, 3.05) is 6.61 Å². The summed E-state index contributed by atoms with van der Waals surface area (Å²) in [4.78, 5) is 11.9. The number of nitrogens with one attached hydrogen (secondary N) is 1. The SMILES string of the molecule is CCCC[C@H]1C=C[C@H](OC(=O)NOS(=O)(=O)c2c(C)cc(C)cc2C)CO1. The molecule has 0 spiro atoms. The van der Waals surface area contributed by atoms with Gasteiger partial charge in [-0.1, -0.05) is 43.5 Å². The molecule has 1 aromatic rings. The van der Waals surface area contributed by atoms with Crippen molar-refractivity contribution in [2.45, 2.75) is 64.1 Å². The zero-order valence-corrected chi connectivity index (χ0v) is 17.0. The number of unbranched alkanes of at least 4 members (excludes halogenated alkanes) is 1. The van der Waals surface area contributed by atoms with Gasteiger partial charge in [0.05, 0.1) is 12.7 Å². The summed E-state index contributed by atoms with van der Waals surface area (Å²) < 4.78 is 40.2. The van der Waals surface area contributed by atoms with E-state index in [1.165, 1.54) is 0 Å². The summed E-state index contributed by atoms with van der Waals surface area (Å²) in [7, 11) is -4.15. The molecule has 0 aromatic heterocycles. The van der Waals surface area contributed by atoms with E-state index >= 15 is 0 Å². The molecule has 1 aliphatic heterocycles. The molecular formula is C19H27NO6S. The first-order valence-corrected chi connectivity index (χ1v) is 10.4. The molecule has 0 saturated heterocycles. The predicted octanol–water partition coefficient (Wildman–Crippen LogP) is 3.47. The van der Waals surface area contributed by atoms with E-state index < -0.39 is 22.3 Å². The molecule has 2 rings (SSSR count). The minimum atomic E-state index is -4.15. The highest BCUT2D eigenvalue weighted by Gasteiger charge is 2.24. The van der Waals surface area contributed by atoms with Gasteiger partial charge in [-0.25, -0.2) is 4.79 Å². The summed E-state index contributed by atoms with van der Waals surface area (Å²) in [6, 6.07) is 3.47. The monoisotopic (exact) mass is 397 g/mol. The minimum Gasteiger partial charge on any atom is -0.438 e. The van der Waals surface area contributed by atoms with E-state index in [2.05, 4.69) is 11.2 Å². The highest BCUT2D eigenvalue weighted by atomic mass is 32.2. The Kier molecular flexibility index (Phi) is 7.41. The molecule has 1 N–H and O–H groups in total. The fourth-order valence-electron chi connectivity index (χ4n) is 3.09. The molecule has 0 saturated carbocycles. The average molecular weight is 397 g/mol. The van der Waals surface area contributed by atoms with Gasteiger partial charge in [-0.3, -0.25) is 0 Å². The number of carbonyl (C=O) groups excluding carboxylic acids is 1. The first kappa shape index (κ1) is 21.4. The lowest BCUT2D eigenvalue weighted by Crippen LogP contribution is -2.35. The van der Waals surface area contributed by atoms with E-state index in [0.29, 0.717) is 11.1 Å². The second kappa shape index (κ2) is 9.34. The Morgan fingerprint density at radius 3 is 2.44 bits per heavy atom. The number of carbonyl (C=O) groups is 1. The number of benzene rings is 1. The molecule has 0 bridgehead atoms. The van der Waals surface area contributed by atoms with Crippen LogP contribution in [-0.4, -0.2) is 33.3 Å². The maximum absolute atomic E-state index is 12.4. The van der Waals surface area contributed by atoms with Gasteiger partial charge in [-0.15, -0.1) is 4.28 Å². The Labute approximate surface area is 160 Å². The van der Waals surface area contributed by atoms with Gasteiger partial charge in [-0.05, 0) is 44.4 Å². The number of hydroxylamine groups is 1. The molecule has 1 aliphatic rings. The van der Waals surface area contributed by atoms with Crippen LogP contribution in [0.5, 0.6) is 0 Å². The van der Waals surface area contributed by atoms with Crippen LogP contribution in [0.25, 0.3) is 0 Å². The summed E-state index contributed by atoms with van der Waals surface area (Å²) >= 11 is 0. The quantitative estimate of drug-likeness (QED) is 0.560. The minimum absolute atomic E-state index is 0.0250. The first-order chi connectivity index (χ1) is 12.7. The van der Waals surface area contributed by atoms with Gasteiger partial charge in [-0.2, -0.15) is 13.9 Å². The Bertz CT molecular complexity index is 779. The second-order valence-corrected chi connectivity index (χ2v) is 8.19. The van der Waals surface area contributed by atoms with Crippen molar-refractivity contribution in [1.82, 2.24) is 5.48 Å². The number of hydrogen-bond donors (Lipinski definition) is 1. The lowest BCUT2D eigenvalue weighted by Gasteiger charge is -2.23. The topological polar surface area (TPSA) is 90.9 Å². The summed E-state index contributed by atoms with van der Waals surface area (Å²) in [5.74, 6) is 0. The smallest absolute Gasteiger partial charge is 0.433 e. The van der Waals surface area contributed by atoms with Gasteiger partial charge >= 0.3 is 16.2 Å². The van der Waals surface area contributed by atoms with Crippen LogP contribution in [-0.2, 0) is 23.9 Å². The third-order valence-electron chi connectivity index (χ3n) is 4.20. The van der Waals surface area contributed by atoms with E-state index in [1.54, 1.807) is 32.1 Å². The van der Waals surface area contributed by atoms with Gasteiger partial charge in [0.15, 0.2) is 0 Å². The van der Waals surface area contributed by atoms with E-state index in [4.69, 9.17) is 9.47 Å². The van der Waals surface area contributed by atoms with E-state index in [0.717, 1.165) is 24.8 Å². The molecular weight excluding hydrogens is 370 g/mol. The molecule has 1 aromatic carbocycles. The third kappa shape index (κ3) is 6.05. The molecule has 1 heterocycles. The third-order valence-corrected chi connectivity index (χ3v) is 5.65. The van der Waals surface area contributed by atoms with Crippen molar-refractivity contribution in [3.8, 4) is 0 Å². The van der Waals surface area contributed by atoms with Gasteiger partial charge in [0.1, 0.15) is 11.0 Å². The Morgan fingerprint density at radius 2 is 1.89 bits per heavy atom. The summed E-state index contributed by atoms with van der Waals surface area (Å²) in [6.45, 7) is 7.55. The predicted molar refractivity (Wildman–Crippen MR) is 101 cm³/mol. The van der Waals surface area contributed by atoms with Crippen LogP contribution in [0.3, 0.4) is 0 Å². The van der Waals surface area contributed by atoms with E-state index in [-0.39, 0.29) is 17.6 Å². The van der Waals surface area contributed by atoms with Crippen molar-refractivity contribution < 1.29 is 27.0 Å². The molecule has 0 aliphatic carbocycles. The van der Waals surface area contributed by atoms with Crippen LogP contribution >= 0.6 is 0 Å². The van der Waals surface area contributed by atoms with Crippen molar-refractivity contribution in [3.05, 3.63) is 41.0 Å². The maximum Gasteiger partial charge on any atom is 0.433 e. The fourth-order valence-corrected chi connectivity index (χ4v) is 4.26. The lowest BCUT2D eigenvalue weighted by molar-refractivity contribution is -0.00525. The number of hydrogen-bond acceptors (Lipinski definition) is 6. The van der Waals surface area contributed by atoms with Crippen LogP contribution in [0.1, 0.15) is 42.9 Å². The Morgan fingerprint density at radius 1 is 1.22 bits per heavy atom. The molecule has 0 unspecified atom stereocenters. The molecule has 150 valence electrons. The zero-order valence-electron chi connectivity index (χ0n) is 16.2. The van der Waals surface area contributed by atoms with Crippen LogP contribution in [0, 0.1) is 20.8 Å². The van der Waals surface area contributed by atoms with Crippen molar-refractivity contribution in [3.63, 3.8) is 0 Å². The summed E-state index contributed by atoms with van der Waals surface area (Å²) in [6.07, 6.45) is 5.11. The molecule has 27 heavy (non-hydrogen) atoms. The average Bonchev–Trinajstić information content (AvgIpc) is 2.58. The van der Waals surface area contributed by atoms with Crippen LogP contribution in [0.2, 0.25) is 0 Å². The lowest BCUT2D eigenvalue weighted by atomic mass is 10.1. The van der Waals surface area contributed by atoms with E-state index in [9.17, 15) is 13.2 Å². The Hall–Kier alpha value is -1.90. The zero-order chi connectivity index (χ0) is 20.0. The highest BCUT2D eigenvalue weighted by molar-refractivity contribution is 7.86. The highest BCUT2D eigenvalue weighted by Crippen LogP contribution is 2.23. The number of amides is 1. The number of aryl methyl sites for hydroxylation is 3. The standard InChI is InChI=1S/C19H27NO6S/c1-5-6-7-16-8-9-17(12-24-16)25-19(21)20-26-27(22,23)18-14(3)10-13(2)11-15(18)4/h8-11,16-17H,5-7,12H2,1-4H3,(H,20,21)/t16-,17-/m0/s1.